The molecule has 2 N–H and O–H groups in total. The minimum atomic E-state index is -4.28. The molecule has 1 aliphatic rings. The summed E-state index contributed by atoms with van der Waals surface area (Å²) in [5.41, 5.74) is 0.288. The van der Waals surface area contributed by atoms with Gasteiger partial charge in [-0.1, -0.05) is 11.6 Å². The molecule has 2 amide bonds. The van der Waals surface area contributed by atoms with Crippen LogP contribution in [-0.2, 0) is 14.8 Å². The lowest BCUT2D eigenvalue weighted by molar-refractivity contribution is -0.115. The van der Waals surface area contributed by atoms with E-state index in [4.69, 9.17) is 11.6 Å². The fourth-order valence-electron chi connectivity index (χ4n) is 2.67. The van der Waals surface area contributed by atoms with Crippen molar-refractivity contribution in [3.05, 3.63) is 34.6 Å². The number of hydrogen-bond acceptors (Lipinski definition) is 8. The summed E-state index contributed by atoms with van der Waals surface area (Å²) in [4.78, 5) is 34.2. The van der Waals surface area contributed by atoms with Crippen molar-refractivity contribution in [2.75, 3.05) is 23.8 Å². The number of sulfonamides is 1. The number of amides is 2. The lowest BCUT2D eigenvalue weighted by atomic mass is 10.2. The number of anilines is 2. The second-order valence-electron chi connectivity index (χ2n) is 5.70. The maximum absolute atomic E-state index is 12.6. The highest BCUT2D eigenvalue weighted by Crippen LogP contribution is 2.28. The molecule has 10 nitrogen and oxygen atoms in total. The monoisotopic (exact) mass is 426 g/mol. The zero-order valence-electron chi connectivity index (χ0n) is 13.6. The molecule has 4 rings (SSSR count). The van der Waals surface area contributed by atoms with Crippen molar-refractivity contribution in [2.45, 2.75) is 5.03 Å². The fraction of sp³-hybridized carbons (Fsp3) is 0.143. The number of fused-ring (bicyclic) bond motifs is 2. The Bertz CT molecular complexity index is 1200. The maximum atomic E-state index is 12.6. The van der Waals surface area contributed by atoms with Gasteiger partial charge in [0.2, 0.25) is 5.91 Å². The number of thiazole rings is 1. The molecular formula is C14H11ClN6O4S2. The van der Waals surface area contributed by atoms with E-state index in [-0.39, 0.29) is 28.2 Å². The van der Waals surface area contributed by atoms with Crippen LogP contribution in [0.3, 0.4) is 0 Å². The third kappa shape index (κ3) is 3.01. The van der Waals surface area contributed by atoms with Crippen molar-refractivity contribution in [3.8, 4) is 0 Å². The minimum absolute atomic E-state index is 0.0323. The van der Waals surface area contributed by atoms with Crippen LogP contribution in [0.2, 0.25) is 5.15 Å². The Hall–Kier alpha value is -2.70. The summed E-state index contributed by atoms with van der Waals surface area (Å²) in [7, 11) is -2.60. The summed E-state index contributed by atoms with van der Waals surface area (Å²) >= 11 is 7.13. The summed E-state index contributed by atoms with van der Waals surface area (Å²) in [6, 6.07) is 1.36. The van der Waals surface area contributed by atoms with Gasteiger partial charge < -0.3 is 10.2 Å². The number of halogens is 1. The zero-order chi connectivity index (χ0) is 19.3. The predicted octanol–water partition coefficient (Wildman–Crippen LogP) is 0.951. The van der Waals surface area contributed by atoms with E-state index >= 15 is 0 Å². The van der Waals surface area contributed by atoms with Gasteiger partial charge in [-0.15, -0.1) is 11.3 Å². The Morgan fingerprint density at radius 3 is 3.00 bits per heavy atom. The molecule has 13 heteroatoms. The average Bonchev–Trinajstić information content (AvgIpc) is 3.13. The molecule has 3 aromatic heterocycles. The van der Waals surface area contributed by atoms with Crippen molar-refractivity contribution < 1.29 is 18.0 Å². The molecule has 27 heavy (non-hydrogen) atoms. The van der Waals surface area contributed by atoms with E-state index in [1.807, 2.05) is 4.72 Å². The van der Waals surface area contributed by atoms with Gasteiger partial charge in [-0.05, 0) is 6.07 Å². The number of nitrogens with one attached hydrogen (secondary N) is 2. The van der Waals surface area contributed by atoms with E-state index in [2.05, 4.69) is 15.3 Å². The Balaban J connectivity index is 1.66. The normalized spacial score (nSPS) is 14.1. The van der Waals surface area contributed by atoms with E-state index < -0.39 is 15.9 Å². The van der Waals surface area contributed by atoms with Crippen molar-refractivity contribution in [3.63, 3.8) is 0 Å². The number of carbonyl (C=O) groups is 2. The second-order valence-corrected chi connectivity index (χ2v) is 8.53. The Morgan fingerprint density at radius 1 is 1.44 bits per heavy atom. The smallest absolute Gasteiger partial charge is 0.283 e. The van der Waals surface area contributed by atoms with Crippen LogP contribution in [0.15, 0.2) is 28.9 Å². The summed E-state index contributed by atoms with van der Waals surface area (Å²) in [5.74, 6) is -0.690. The lowest BCUT2D eigenvalue weighted by Gasteiger charge is -2.26. The topological polar surface area (TPSA) is 126 Å². The van der Waals surface area contributed by atoms with E-state index in [1.165, 1.54) is 34.2 Å². The molecule has 0 saturated carbocycles. The number of hydrogen-bond donors (Lipinski definition) is 2. The first-order chi connectivity index (χ1) is 12.8. The van der Waals surface area contributed by atoms with Gasteiger partial charge in [0.25, 0.3) is 15.9 Å². The molecule has 0 aliphatic carbocycles. The first-order valence-electron chi connectivity index (χ1n) is 7.45. The van der Waals surface area contributed by atoms with Crippen LogP contribution in [0.1, 0.15) is 10.4 Å². The molecule has 0 fully saturated rings. The second kappa shape index (κ2) is 6.18. The largest absolute Gasteiger partial charge is 0.349 e. The van der Waals surface area contributed by atoms with Crippen molar-refractivity contribution in [1.82, 2.24) is 19.1 Å². The van der Waals surface area contributed by atoms with E-state index in [9.17, 15) is 18.0 Å². The number of carbonyl (C=O) groups excluding carboxylic acids is 2. The van der Waals surface area contributed by atoms with Crippen LogP contribution in [0, 0.1) is 0 Å². The lowest BCUT2D eigenvalue weighted by Crippen LogP contribution is -2.36. The van der Waals surface area contributed by atoms with Gasteiger partial charge >= 0.3 is 0 Å². The molecular weight excluding hydrogens is 416 g/mol. The van der Waals surface area contributed by atoms with E-state index in [0.29, 0.717) is 16.5 Å². The molecule has 1 aliphatic heterocycles. The van der Waals surface area contributed by atoms with Crippen LogP contribution in [0.25, 0.3) is 4.96 Å². The van der Waals surface area contributed by atoms with Gasteiger partial charge in [0.05, 0.1) is 17.8 Å². The standard InChI is InChI=1S/C14H11ClN6O4S2/c1-20-6-9(22)17-8-4-7(5-16-11(8)20)12(23)19-27(24,25)13-10(15)18-14-21(13)2-3-26-14/h2-5H,6H2,1H3,(H,17,22)(H,19,23). The zero-order valence-corrected chi connectivity index (χ0v) is 16.0. The molecule has 0 bridgehead atoms. The van der Waals surface area contributed by atoms with Gasteiger partial charge in [-0.3, -0.25) is 14.0 Å². The molecule has 0 aromatic carbocycles. The number of likely N-dealkylation sites (N-methyl/N-ethyl adjacent to an activating group) is 1. The van der Waals surface area contributed by atoms with Crippen LogP contribution < -0.4 is 14.9 Å². The van der Waals surface area contributed by atoms with Crippen molar-refractivity contribution in [1.29, 1.82) is 0 Å². The Labute approximate surface area is 161 Å². The number of nitrogens with zero attached hydrogens (tertiary/aromatic N) is 4. The van der Waals surface area contributed by atoms with Crippen LogP contribution >= 0.6 is 22.9 Å². The Morgan fingerprint density at radius 2 is 2.22 bits per heavy atom. The van der Waals surface area contributed by atoms with Gasteiger partial charge in [-0.2, -0.15) is 8.42 Å². The number of rotatable bonds is 3. The number of pyridine rings is 1. The van der Waals surface area contributed by atoms with Gasteiger partial charge in [0.15, 0.2) is 21.0 Å². The molecule has 4 heterocycles. The highest BCUT2D eigenvalue weighted by Gasteiger charge is 2.28. The van der Waals surface area contributed by atoms with Gasteiger partial charge in [0, 0.05) is 24.8 Å². The highest BCUT2D eigenvalue weighted by molar-refractivity contribution is 7.90. The molecule has 0 saturated heterocycles. The predicted molar refractivity (Wildman–Crippen MR) is 98.9 cm³/mol. The molecule has 140 valence electrons. The highest BCUT2D eigenvalue weighted by atomic mass is 35.5. The summed E-state index contributed by atoms with van der Waals surface area (Å²) in [6.07, 6.45) is 2.72. The van der Waals surface area contributed by atoms with Gasteiger partial charge in [0.1, 0.15) is 0 Å². The van der Waals surface area contributed by atoms with Crippen molar-refractivity contribution in [2.24, 2.45) is 0 Å². The molecule has 0 unspecified atom stereocenters. The maximum Gasteiger partial charge on any atom is 0.283 e. The first kappa shape index (κ1) is 17.7. The van der Waals surface area contributed by atoms with E-state index in [0.717, 1.165) is 0 Å². The quantitative estimate of drug-likeness (QED) is 0.638. The van der Waals surface area contributed by atoms with Crippen LogP contribution in [-0.4, -0.2) is 48.2 Å². The molecule has 3 aromatic rings. The number of imidazole rings is 1. The first-order valence-corrected chi connectivity index (χ1v) is 10.2. The minimum Gasteiger partial charge on any atom is -0.349 e. The van der Waals surface area contributed by atoms with E-state index in [1.54, 1.807) is 17.3 Å². The van der Waals surface area contributed by atoms with Crippen LogP contribution in [0.5, 0.6) is 0 Å². The SMILES string of the molecule is CN1CC(=O)Nc2cc(C(=O)NS(=O)(=O)c3c(Cl)nc4sccn34)cnc21. The van der Waals surface area contributed by atoms with Crippen molar-refractivity contribution >= 4 is 61.2 Å². The third-order valence-corrected chi connectivity index (χ3v) is 6.29. The Kier molecular flexibility index (Phi) is 4.05. The van der Waals surface area contributed by atoms with Crippen LogP contribution in [0.4, 0.5) is 11.5 Å². The summed E-state index contributed by atoms with van der Waals surface area (Å²) in [6.45, 7) is 0.135. The molecule has 0 radical (unpaired) electrons. The van der Waals surface area contributed by atoms with Gasteiger partial charge in [-0.25, -0.2) is 14.7 Å². The number of aromatic nitrogens is 3. The average molecular weight is 427 g/mol. The summed E-state index contributed by atoms with van der Waals surface area (Å²) in [5, 5.41) is 3.68. The molecule has 0 spiro atoms. The fourth-order valence-corrected chi connectivity index (χ4v) is 5.10. The third-order valence-electron chi connectivity index (χ3n) is 3.81. The molecule has 0 atom stereocenters. The summed E-state index contributed by atoms with van der Waals surface area (Å²) < 4.78 is 28.5.